The summed E-state index contributed by atoms with van der Waals surface area (Å²) in [5.41, 5.74) is 1.97. The number of benzene rings is 1. The number of para-hydroxylation sites is 1. The molecule has 0 aliphatic carbocycles. The first kappa shape index (κ1) is 15.3. The van der Waals surface area contributed by atoms with Gasteiger partial charge >= 0.3 is 5.69 Å². The van der Waals surface area contributed by atoms with Crippen LogP contribution >= 0.6 is 0 Å². The van der Waals surface area contributed by atoms with Gasteiger partial charge in [-0.2, -0.15) is 0 Å². The molecule has 2 aromatic rings. The lowest BCUT2D eigenvalue weighted by molar-refractivity contribution is -0.384. The maximum absolute atomic E-state index is 11.2. The summed E-state index contributed by atoms with van der Waals surface area (Å²) in [6.45, 7) is 1.62. The lowest BCUT2D eigenvalue weighted by atomic mass is 10.0. The van der Waals surface area contributed by atoms with Crippen molar-refractivity contribution in [3.63, 3.8) is 0 Å². The second-order valence-electron chi connectivity index (χ2n) is 5.79. The number of hydrogen-bond acceptors (Lipinski definition) is 5. The van der Waals surface area contributed by atoms with Crippen LogP contribution in [0.25, 0.3) is 0 Å². The van der Waals surface area contributed by atoms with E-state index in [2.05, 4.69) is 34.0 Å². The van der Waals surface area contributed by atoms with Gasteiger partial charge in [-0.05, 0) is 31.0 Å². The molecule has 0 radical (unpaired) electrons. The molecule has 1 aromatic heterocycles. The van der Waals surface area contributed by atoms with Crippen molar-refractivity contribution >= 4 is 17.1 Å². The van der Waals surface area contributed by atoms with Crippen LogP contribution in [0.5, 0.6) is 0 Å². The minimum absolute atomic E-state index is 0.0855. The van der Waals surface area contributed by atoms with Crippen LogP contribution in [0.15, 0.2) is 48.8 Å². The molecule has 23 heavy (non-hydrogen) atoms. The average Bonchev–Trinajstić information content (AvgIpc) is 2.62. The van der Waals surface area contributed by atoms with Crippen molar-refractivity contribution < 1.29 is 4.92 Å². The first-order chi connectivity index (χ1) is 11.2. The van der Waals surface area contributed by atoms with E-state index in [9.17, 15) is 10.1 Å². The Kier molecular flexibility index (Phi) is 4.41. The van der Waals surface area contributed by atoms with Crippen LogP contribution in [0.2, 0.25) is 0 Å². The molecule has 2 heterocycles. The molecular weight excluding hydrogens is 292 g/mol. The third kappa shape index (κ3) is 3.26. The first-order valence-corrected chi connectivity index (χ1v) is 7.78. The van der Waals surface area contributed by atoms with Gasteiger partial charge in [-0.15, -0.1) is 0 Å². The van der Waals surface area contributed by atoms with Gasteiger partial charge in [-0.25, -0.2) is 0 Å². The van der Waals surface area contributed by atoms with Crippen molar-refractivity contribution in [2.75, 3.05) is 29.9 Å². The highest BCUT2D eigenvalue weighted by Crippen LogP contribution is 2.30. The van der Waals surface area contributed by atoms with Crippen LogP contribution < -0.4 is 9.80 Å². The van der Waals surface area contributed by atoms with Gasteiger partial charge in [0.15, 0.2) is 0 Å². The van der Waals surface area contributed by atoms with Crippen LogP contribution in [-0.4, -0.2) is 36.1 Å². The molecular formula is C17H20N4O2. The second kappa shape index (κ2) is 6.64. The zero-order valence-corrected chi connectivity index (χ0v) is 13.1. The van der Waals surface area contributed by atoms with Crippen LogP contribution in [0.1, 0.15) is 12.8 Å². The van der Waals surface area contributed by atoms with Crippen LogP contribution in [-0.2, 0) is 0 Å². The largest absolute Gasteiger partial charge is 0.371 e. The zero-order chi connectivity index (χ0) is 16.2. The number of aromatic nitrogens is 1. The van der Waals surface area contributed by atoms with E-state index in [4.69, 9.17) is 0 Å². The standard InChI is InChI=1S/C17H20N4O2/c1-19(14-5-3-2-4-6-14)15-8-11-20(12-9-15)16-7-10-18-13-17(16)21(22)23/h2-7,10,13,15H,8-9,11-12H2,1H3. The molecule has 0 N–H and O–H groups in total. The van der Waals surface area contributed by atoms with Gasteiger partial charge in [0.25, 0.3) is 0 Å². The molecule has 1 fully saturated rings. The highest BCUT2D eigenvalue weighted by molar-refractivity contribution is 5.62. The number of nitrogens with zero attached hydrogens (tertiary/aromatic N) is 4. The SMILES string of the molecule is CN(c1ccccc1)C1CCN(c2ccncc2[N+](=O)[O-])CC1. The Bertz CT molecular complexity index is 669. The summed E-state index contributed by atoms with van der Waals surface area (Å²) in [5.74, 6) is 0. The Morgan fingerprint density at radius 1 is 1.22 bits per heavy atom. The third-order valence-electron chi connectivity index (χ3n) is 4.49. The topological polar surface area (TPSA) is 62.5 Å². The lowest BCUT2D eigenvalue weighted by Gasteiger charge is -2.38. The molecule has 0 spiro atoms. The van der Waals surface area contributed by atoms with E-state index >= 15 is 0 Å². The number of anilines is 2. The predicted octanol–water partition coefficient (Wildman–Crippen LogP) is 3.10. The van der Waals surface area contributed by atoms with Crippen molar-refractivity contribution in [1.82, 2.24) is 4.98 Å². The Hall–Kier alpha value is -2.63. The predicted molar refractivity (Wildman–Crippen MR) is 91.0 cm³/mol. The Labute approximate surface area is 135 Å². The van der Waals surface area contributed by atoms with Gasteiger partial charge in [0.05, 0.1) is 4.92 Å². The molecule has 1 aromatic carbocycles. The maximum atomic E-state index is 11.2. The van der Waals surface area contributed by atoms with E-state index in [1.54, 1.807) is 12.3 Å². The minimum Gasteiger partial charge on any atom is -0.371 e. The molecule has 6 nitrogen and oxygen atoms in total. The summed E-state index contributed by atoms with van der Waals surface area (Å²) in [7, 11) is 2.12. The summed E-state index contributed by atoms with van der Waals surface area (Å²) in [4.78, 5) is 19.1. The monoisotopic (exact) mass is 312 g/mol. The average molecular weight is 312 g/mol. The summed E-state index contributed by atoms with van der Waals surface area (Å²) in [5, 5.41) is 11.2. The fourth-order valence-electron chi connectivity index (χ4n) is 3.15. The van der Waals surface area contributed by atoms with E-state index < -0.39 is 0 Å². The van der Waals surface area contributed by atoms with Crippen LogP contribution in [0, 0.1) is 10.1 Å². The van der Waals surface area contributed by atoms with E-state index in [0.29, 0.717) is 11.7 Å². The molecule has 1 aliphatic heterocycles. The highest BCUT2D eigenvalue weighted by Gasteiger charge is 2.26. The Balaban J connectivity index is 1.68. The molecule has 3 rings (SSSR count). The van der Waals surface area contributed by atoms with E-state index in [-0.39, 0.29) is 10.6 Å². The van der Waals surface area contributed by atoms with E-state index in [0.717, 1.165) is 25.9 Å². The molecule has 0 bridgehead atoms. The normalized spacial score (nSPS) is 15.4. The summed E-state index contributed by atoms with van der Waals surface area (Å²) in [6, 6.07) is 12.5. The summed E-state index contributed by atoms with van der Waals surface area (Å²) >= 11 is 0. The lowest BCUT2D eigenvalue weighted by Crippen LogP contribution is -2.43. The zero-order valence-electron chi connectivity index (χ0n) is 13.1. The molecule has 0 atom stereocenters. The molecule has 0 saturated carbocycles. The molecule has 120 valence electrons. The van der Waals surface area contributed by atoms with Gasteiger partial charge in [0.2, 0.25) is 0 Å². The van der Waals surface area contributed by atoms with Crippen molar-refractivity contribution in [3.8, 4) is 0 Å². The fraction of sp³-hybridized carbons (Fsp3) is 0.353. The van der Waals surface area contributed by atoms with Gasteiger partial charge in [-0.1, -0.05) is 18.2 Å². The number of hydrogen-bond donors (Lipinski definition) is 0. The van der Waals surface area contributed by atoms with Gasteiger partial charge in [0, 0.05) is 38.1 Å². The molecule has 1 saturated heterocycles. The number of nitro groups is 1. The van der Waals surface area contributed by atoms with Gasteiger partial charge in [-0.3, -0.25) is 15.1 Å². The van der Waals surface area contributed by atoms with Gasteiger partial charge < -0.3 is 9.80 Å². The first-order valence-electron chi connectivity index (χ1n) is 7.78. The smallest absolute Gasteiger partial charge is 0.310 e. The van der Waals surface area contributed by atoms with Crippen molar-refractivity contribution in [2.45, 2.75) is 18.9 Å². The molecule has 0 amide bonds. The molecule has 6 heteroatoms. The number of piperidine rings is 1. The third-order valence-corrected chi connectivity index (χ3v) is 4.49. The molecule has 0 unspecified atom stereocenters. The van der Waals surface area contributed by atoms with Crippen molar-refractivity contribution in [1.29, 1.82) is 0 Å². The summed E-state index contributed by atoms with van der Waals surface area (Å²) in [6.07, 6.45) is 4.90. The Morgan fingerprint density at radius 2 is 1.91 bits per heavy atom. The van der Waals surface area contributed by atoms with Crippen LogP contribution in [0.3, 0.4) is 0 Å². The number of rotatable bonds is 4. The number of pyridine rings is 1. The summed E-state index contributed by atoms with van der Waals surface area (Å²) < 4.78 is 0. The van der Waals surface area contributed by atoms with E-state index in [1.165, 1.54) is 11.9 Å². The van der Waals surface area contributed by atoms with Crippen molar-refractivity contribution in [2.24, 2.45) is 0 Å². The van der Waals surface area contributed by atoms with Crippen molar-refractivity contribution in [3.05, 3.63) is 58.9 Å². The van der Waals surface area contributed by atoms with E-state index in [1.807, 2.05) is 18.2 Å². The quantitative estimate of drug-likeness (QED) is 0.641. The van der Waals surface area contributed by atoms with Crippen LogP contribution in [0.4, 0.5) is 17.1 Å². The fourth-order valence-corrected chi connectivity index (χ4v) is 3.15. The second-order valence-corrected chi connectivity index (χ2v) is 5.79. The highest BCUT2D eigenvalue weighted by atomic mass is 16.6. The maximum Gasteiger partial charge on any atom is 0.310 e. The minimum atomic E-state index is -0.357. The molecule has 1 aliphatic rings. The van der Waals surface area contributed by atoms with Gasteiger partial charge in [0.1, 0.15) is 11.9 Å². The Morgan fingerprint density at radius 3 is 2.57 bits per heavy atom.